The predicted molar refractivity (Wildman–Crippen MR) is 142 cm³/mol. The molecule has 3 aliphatic rings. The summed E-state index contributed by atoms with van der Waals surface area (Å²) in [7, 11) is -3.76. The number of carbonyl (C=O) groups excluding carboxylic acids is 1. The summed E-state index contributed by atoms with van der Waals surface area (Å²) < 4.78 is 55.3. The summed E-state index contributed by atoms with van der Waals surface area (Å²) in [6, 6.07) is 13.5. The molecular formula is C29H35FN2O5S. The normalized spacial score (nSPS) is 26.2. The van der Waals surface area contributed by atoms with Gasteiger partial charge in [-0.1, -0.05) is 48.5 Å². The molecule has 0 spiro atoms. The lowest BCUT2D eigenvalue weighted by Crippen LogP contribution is -2.63. The monoisotopic (exact) mass is 542 g/mol. The number of carbonyl (C=O) groups is 1. The van der Waals surface area contributed by atoms with Gasteiger partial charge < -0.3 is 14.8 Å². The van der Waals surface area contributed by atoms with E-state index in [1.54, 1.807) is 18.2 Å². The molecule has 0 saturated carbocycles. The molecule has 2 aromatic carbocycles. The van der Waals surface area contributed by atoms with Crippen molar-refractivity contribution in [2.45, 2.75) is 61.4 Å². The molecule has 7 nitrogen and oxygen atoms in total. The van der Waals surface area contributed by atoms with Crippen molar-refractivity contribution in [3.05, 3.63) is 83.7 Å². The summed E-state index contributed by atoms with van der Waals surface area (Å²) in [6.45, 7) is 7.36. The molecule has 0 bridgehead atoms. The maximum atomic E-state index is 15.7. The van der Waals surface area contributed by atoms with Crippen molar-refractivity contribution in [1.82, 2.24) is 9.62 Å². The highest BCUT2D eigenvalue weighted by molar-refractivity contribution is 7.89. The second-order valence-corrected chi connectivity index (χ2v) is 12.9. The fourth-order valence-electron chi connectivity index (χ4n) is 5.80. The van der Waals surface area contributed by atoms with Gasteiger partial charge in [-0.25, -0.2) is 12.8 Å². The Morgan fingerprint density at radius 1 is 1.13 bits per heavy atom. The third-order valence-corrected chi connectivity index (χ3v) is 10.5. The number of amides is 1. The van der Waals surface area contributed by atoms with Crippen LogP contribution in [-0.2, 0) is 36.3 Å². The smallest absolute Gasteiger partial charge is 0.231 e. The largest absolute Gasteiger partial charge is 0.381 e. The molecule has 0 radical (unpaired) electrons. The minimum Gasteiger partial charge on any atom is -0.381 e. The van der Waals surface area contributed by atoms with Gasteiger partial charge in [0.2, 0.25) is 15.9 Å². The van der Waals surface area contributed by atoms with E-state index in [0.717, 1.165) is 5.56 Å². The molecule has 2 atom stereocenters. The first-order valence-electron chi connectivity index (χ1n) is 13.1. The first kappa shape index (κ1) is 27.0. The number of nitrogens with one attached hydrogen (secondary N) is 1. The van der Waals surface area contributed by atoms with Gasteiger partial charge in [-0.2, -0.15) is 4.31 Å². The van der Waals surface area contributed by atoms with E-state index in [1.807, 2.05) is 37.3 Å². The predicted octanol–water partition coefficient (Wildman–Crippen LogP) is 4.00. The fraction of sp³-hybridized carbons (Fsp3) is 0.483. The summed E-state index contributed by atoms with van der Waals surface area (Å²) in [4.78, 5) is 13.5. The average molecular weight is 543 g/mol. The summed E-state index contributed by atoms with van der Waals surface area (Å²) in [5, 5.41) is 2.42. The Morgan fingerprint density at radius 2 is 1.84 bits per heavy atom. The maximum absolute atomic E-state index is 15.7. The van der Waals surface area contributed by atoms with Gasteiger partial charge in [0.15, 0.2) is 0 Å². The van der Waals surface area contributed by atoms with Crippen LogP contribution < -0.4 is 5.32 Å². The molecule has 9 heteroatoms. The number of hydrogen-bond donors (Lipinski definition) is 1. The molecule has 0 unspecified atom stereocenters. The Balaban J connectivity index is 1.43. The topological polar surface area (TPSA) is 84.9 Å². The molecule has 0 aliphatic carbocycles. The van der Waals surface area contributed by atoms with Gasteiger partial charge in [-0.3, -0.25) is 4.79 Å². The van der Waals surface area contributed by atoms with Gasteiger partial charge in [0.25, 0.3) is 0 Å². The molecular weight excluding hydrogens is 507 g/mol. The van der Waals surface area contributed by atoms with Gasteiger partial charge in [0, 0.05) is 31.4 Å². The number of hydrogen-bond acceptors (Lipinski definition) is 5. The van der Waals surface area contributed by atoms with E-state index >= 15 is 4.39 Å². The molecule has 38 heavy (non-hydrogen) atoms. The lowest BCUT2D eigenvalue weighted by atomic mass is 9.72. The third-order valence-electron chi connectivity index (χ3n) is 8.19. The van der Waals surface area contributed by atoms with E-state index in [-0.39, 0.29) is 18.0 Å². The lowest BCUT2D eigenvalue weighted by molar-refractivity contribution is -0.140. The van der Waals surface area contributed by atoms with Crippen LogP contribution >= 0.6 is 0 Å². The zero-order valence-corrected chi connectivity index (χ0v) is 22.5. The van der Waals surface area contributed by atoms with Gasteiger partial charge in [-0.15, -0.1) is 6.58 Å². The van der Waals surface area contributed by atoms with Crippen LogP contribution in [-0.4, -0.2) is 56.6 Å². The Bertz CT molecular complexity index is 1290. The van der Waals surface area contributed by atoms with Gasteiger partial charge >= 0.3 is 0 Å². The number of halogens is 1. The molecule has 5 rings (SSSR count). The first-order valence-corrected chi connectivity index (χ1v) is 14.6. The highest BCUT2D eigenvalue weighted by atomic mass is 32.2. The van der Waals surface area contributed by atoms with E-state index in [4.69, 9.17) is 9.47 Å². The number of rotatable bonds is 7. The molecule has 0 aromatic heterocycles. The number of sulfonamides is 1. The standard InChI is InChI=1S/C29H35FN2O5S/c1-3-24-11-12-26(21-7-5-4-6-8-21)38(34,35)32(24)18-22-9-10-23(17-25(22)30)29(13-15-36-16-14-29)27(33)31-28(2)19-37-20-28/h3-10,17,24,26H,1,11-16,18-20H2,2H3,(H,31,33)/t24-,26+/m0/s1. The summed E-state index contributed by atoms with van der Waals surface area (Å²) in [6.07, 6.45) is 3.58. The molecule has 204 valence electrons. The van der Waals surface area contributed by atoms with Crippen LogP contribution in [0.15, 0.2) is 61.2 Å². The van der Waals surface area contributed by atoms with Crippen molar-refractivity contribution < 1.29 is 27.1 Å². The highest BCUT2D eigenvalue weighted by Crippen LogP contribution is 2.40. The van der Waals surface area contributed by atoms with E-state index in [2.05, 4.69) is 11.9 Å². The maximum Gasteiger partial charge on any atom is 0.231 e. The second kappa shape index (κ2) is 10.5. The van der Waals surface area contributed by atoms with Crippen LogP contribution in [0.1, 0.15) is 54.5 Å². The number of ether oxygens (including phenoxy) is 2. The van der Waals surface area contributed by atoms with Crippen LogP contribution in [0.2, 0.25) is 0 Å². The van der Waals surface area contributed by atoms with Crippen LogP contribution in [0.5, 0.6) is 0 Å². The Kier molecular flexibility index (Phi) is 7.48. The van der Waals surface area contributed by atoms with Crippen LogP contribution in [0.25, 0.3) is 0 Å². The second-order valence-electron chi connectivity index (χ2n) is 10.9. The van der Waals surface area contributed by atoms with Gasteiger partial charge in [0.05, 0.1) is 24.2 Å². The van der Waals surface area contributed by atoms with Crippen LogP contribution in [0, 0.1) is 5.82 Å². The van der Waals surface area contributed by atoms with Crippen molar-refractivity contribution in [1.29, 1.82) is 0 Å². The van der Waals surface area contributed by atoms with Crippen molar-refractivity contribution >= 4 is 15.9 Å². The molecule has 2 aromatic rings. The molecule has 3 fully saturated rings. The van der Waals surface area contributed by atoms with E-state index in [1.165, 1.54) is 10.4 Å². The van der Waals surface area contributed by atoms with Gasteiger partial charge in [0.1, 0.15) is 11.1 Å². The van der Waals surface area contributed by atoms with E-state index in [0.29, 0.717) is 57.7 Å². The van der Waals surface area contributed by atoms with Crippen molar-refractivity contribution in [2.24, 2.45) is 0 Å². The first-order chi connectivity index (χ1) is 18.2. The van der Waals surface area contributed by atoms with Crippen LogP contribution in [0.4, 0.5) is 4.39 Å². The molecule has 1 amide bonds. The minimum absolute atomic E-state index is 0.105. The SMILES string of the molecule is C=C[C@H]1CC[C@H](c2ccccc2)S(=O)(=O)N1Cc1ccc(C2(C(=O)NC3(C)COC3)CCOCC2)cc1F. The quantitative estimate of drug-likeness (QED) is 0.535. The average Bonchev–Trinajstić information content (AvgIpc) is 2.90. The zero-order valence-electron chi connectivity index (χ0n) is 21.7. The molecule has 1 N–H and O–H groups in total. The fourth-order valence-corrected chi connectivity index (χ4v) is 7.95. The van der Waals surface area contributed by atoms with Crippen molar-refractivity contribution in [2.75, 3.05) is 26.4 Å². The summed E-state index contributed by atoms with van der Waals surface area (Å²) in [5.41, 5.74) is 0.217. The molecule has 3 saturated heterocycles. The van der Waals surface area contributed by atoms with E-state index < -0.39 is 38.1 Å². The van der Waals surface area contributed by atoms with Crippen molar-refractivity contribution in [3.8, 4) is 0 Å². The number of nitrogens with zero attached hydrogens (tertiary/aromatic N) is 1. The number of benzene rings is 2. The summed E-state index contributed by atoms with van der Waals surface area (Å²) in [5.74, 6) is -0.686. The molecule has 3 heterocycles. The Morgan fingerprint density at radius 3 is 2.45 bits per heavy atom. The lowest BCUT2D eigenvalue weighted by Gasteiger charge is -2.44. The highest BCUT2D eigenvalue weighted by Gasteiger charge is 2.46. The van der Waals surface area contributed by atoms with Crippen LogP contribution in [0.3, 0.4) is 0 Å². The Hall–Kier alpha value is -2.59. The molecule has 3 aliphatic heterocycles. The van der Waals surface area contributed by atoms with E-state index in [9.17, 15) is 13.2 Å². The third kappa shape index (κ3) is 4.93. The van der Waals surface area contributed by atoms with Crippen molar-refractivity contribution in [3.63, 3.8) is 0 Å². The Labute approximate surface area is 224 Å². The minimum atomic E-state index is -3.76. The van der Waals surface area contributed by atoms with Gasteiger partial charge in [-0.05, 0) is 49.8 Å². The summed E-state index contributed by atoms with van der Waals surface area (Å²) >= 11 is 0. The zero-order chi connectivity index (χ0) is 27.0.